The highest BCUT2D eigenvalue weighted by Crippen LogP contribution is 2.18. The van der Waals surface area contributed by atoms with Gasteiger partial charge in [-0.3, -0.25) is 0 Å². The van der Waals surface area contributed by atoms with Crippen molar-refractivity contribution in [2.75, 3.05) is 60.0 Å². The maximum atomic E-state index is 12.4. The second-order valence-electron chi connectivity index (χ2n) is 6.03. The van der Waals surface area contributed by atoms with E-state index in [4.69, 9.17) is 4.74 Å². The molecule has 0 aromatic carbocycles. The summed E-state index contributed by atoms with van der Waals surface area (Å²) in [6, 6.07) is 0. The van der Waals surface area contributed by atoms with Gasteiger partial charge in [-0.15, -0.1) is 0 Å². The first kappa shape index (κ1) is 17.1. The molecule has 0 aromatic rings. The first-order chi connectivity index (χ1) is 10.0. The molecule has 2 heterocycles. The Morgan fingerprint density at radius 3 is 2.76 bits per heavy atom. The van der Waals surface area contributed by atoms with E-state index in [2.05, 4.69) is 14.9 Å². The Morgan fingerprint density at radius 2 is 2.05 bits per heavy atom. The second kappa shape index (κ2) is 7.85. The number of piperidine rings is 1. The average Bonchev–Trinajstić information content (AvgIpc) is 2.46. The lowest BCUT2D eigenvalue weighted by Gasteiger charge is -2.33. The Hall–Kier alpha value is -0.250. The van der Waals surface area contributed by atoms with Gasteiger partial charge in [0.2, 0.25) is 0 Å². The van der Waals surface area contributed by atoms with E-state index in [1.807, 2.05) is 14.1 Å². The molecule has 0 saturated carbocycles. The van der Waals surface area contributed by atoms with Gasteiger partial charge in [0, 0.05) is 32.7 Å². The van der Waals surface area contributed by atoms with Crippen molar-refractivity contribution in [3.8, 4) is 0 Å². The van der Waals surface area contributed by atoms with Gasteiger partial charge in [-0.2, -0.15) is 17.4 Å². The van der Waals surface area contributed by atoms with Crippen LogP contribution in [0.25, 0.3) is 0 Å². The summed E-state index contributed by atoms with van der Waals surface area (Å²) in [4.78, 5) is 2.16. The molecule has 0 spiro atoms. The minimum atomic E-state index is -3.39. The number of hydrogen-bond acceptors (Lipinski definition) is 5. The van der Waals surface area contributed by atoms with E-state index in [1.165, 1.54) is 0 Å². The molecule has 2 unspecified atom stereocenters. The van der Waals surface area contributed by atoms with Crippen LogP contribution in [0.3, 0.4) is 0 Å². The summed E-state index contributed by atoms with van der Waals surface area (Å²) >= 11 is 0. The van der Waals surface area contributed by atoms with Crippen LogP contribution >= 0.6 is 0 Å². The molecule has 0 radical (unpaired) electrons. The van der Waals surface area contributed by atoms with Crippen LogP contribution < -0.4 is 10.0 Å². The normalized spacial score (nSPS) is 29.6. The molecule has 2 rings (SSSR count). The van der Waals surface area contributed by atoms with E-state index >= 15 is 0 Å². The van der Waals surface area contributed by atoms with Gasteiger partial charge in [-0.25, -0.2) is 0 Å². The van der Waals surface area contributed by atoms with Crippen LogP contribution in [0.1, 0.15) is 12.8 Å². The third-order valence-electron chi connectivity index (χ3n) is 4.15. The first-order valence-electron chi connectivity index (χ1n) is 7.70. The van der Waals surface area contributed by atoms with E-state index in [0.29, 0.717) is 32.2 Å². The first-order valence-corrected chi connectivity index (χ1v) is 9.14. The zero-order valence-corrected chi connectivity index (χ0v) is 13.9. The van der Waals surface area contributed by atoms with Crippen LogP contribution in [0.5, 0.6) is 0 Å². The molecule has 124 valence electrons. The van der Waals surface area contributed by atoms with E-state index < -0.39 is 10.2 Å². The number of rotatable bonds is 6. The summed E-state index contributed by atoms with van der Waals surface area (Å²) in [7, 11) is 0.536. The fourth-order valence-corrected chi connectivity index (χ4v) is 4.34. The largest absolute Gasteiger partial charge is 0.374 e. The lowest BCUT2D eigenvalue weighted by atomic mass is 10.00. The number of ether oxygens (including phenoxy) is 1. The number of likely N-dealkylation sites (N-methyl/N-ethyl adjacent to an activating group) is 1. The smallest absolute Gasteiger partial charge is 0.279 e. The molecular formula is C13H28N4O3S. The molecule has 8 heteroatoms. The van der Waals surface area contributed by atoms with Crippen molar-refractivity contribution >= 4 is 10.2 Å². The summed E-state index contributed by atoms with van der Waals surface area (Å²) in [5.74, 6) is 0.400. The molecule has 7 nitrogen and oxygen atoms in total. The number of hydrogen-bond donors (Lipinski definition) is 2. The Kier molecular flexibility index (Phi) is 6.39. The zero-order valence-electron chi connectivity index (χ0n) is 13.0. The molecule has 2 atom stereocenters. The minimum absolute atomic E-state index is 0.0589. The SMILES string of the molecule is CNCC1CCCN(S(=O)(=O)NCC2CN(C)CCO2)C1. The maximum Gasteiger partial charge on any atom is 0.279 e. The fourth-order valence-electron chi connectivity index (χ4n) is 2.98. The van der Waals surface area contributed by atoms with Crippen molar-refractivity contribution in [1.82, 2.24) is 19.2 Å². The second-order valence-corrected chi connectivity index (χ2v) is 7.79. The third kappa shape index (κ3) is 5.15. The van der Waals surface area contributed by atoms with Crippen LogP contribution in [0, 0.1) is 5.92 Å². The van der Waals surface area contributed by atoms with Crippen LogP contribution in [0.4, 0.5) is 0 Å². The van der Waals surface area contributed by atoms with E-state index in [9.17, 15) is 8.42 Å². The Bertz CT molecular complexity index is 416. The molecule has 21 heavy (non-hydrogen) atoms. The molecule has 0 bridgehead atoms. The van der Waals surface area contributed by atoms with Gasteiger partial charge >= 0.3 is 0 Å². The van der Waals surface area contributed by atoms with Crippen LogP contribution in [-0.4, -0.2) is 83.7 Å². The van der Waals surface area contributed by atoms with Gasteiger partial charge in [0.1, 0.15) is 0 Å². The number of nitrogens with zero attached hydrogens (tertiary/aromatic N) is 2. The minimum Gasteiger partial charge on any atom is -0.374 e. The number of morpholine rings is 1. The van der Waals surface area contributed by atoms with Crippen LogP contribution in [0.2, 0.25) is 0 Å². The lowest BCUT2D eigenvalue weighted by Crippen LogP contribution is -2.51. The summed E-state index contributed by atoms with van der Waals surface area (Å²) in [6.45, 7) is 4.76. The fraction of sp³-hybridized carbons (Fsp3) is 1.00. The third-order valence-corrected chi connectivity index (χ3v) is 5.69. The van der Waals surface area contributed by atoms with Crippen molar-refractivity contribution in [3.63, 3.8) is 0 Å². The predicted octanol–water partition coefficient (Wildman–Crippen LogP) is -0.917. The van der Waals surface area contributed by atoms with E-state index in [1.54, 1.807) is 4.31 Å². The Labute approximate surface area is 128 Å². The molecule has 2 saturated heterocycles. The Balaban J connectivity index is 1.83. The monoisotopic (exact) mass is 320 g/mol. The van der Waals surface area contributed by atoms with Crippen molar-refractivity contribution in [1.29, 1.82) is 0 Å². The van der Waals surface area contributed by atoms with E-state index in [-0.39, 0.29) is 6.10 Å². The molecule has 2 fully saturated rings. The molecule has 0 aliphatic carbocycles. The van der Waals surface area contributed by atoms with Gasteiger partial charge in [-0.1, -0.05) is 0 Å². The zero-order chi connectivity index (χ0) is 15.3. The van der Waals surface area contributed by atoms with Crippen LogP contribution in [-0.2, 0) is 14.9 Å². The lowest BCUT2D eigenvalue weighted by molar-refractivity contribution is -0.0158. The van der Waals surface area contributed by atoms with Crippen molar-refractivity contribution in [3.05, 3.63) is 0 Å². The van der Waals surface area contributed by atoms with Crippen molar-refractivity contribution < 1.29 is 13.2 Å². The Morgan fingerprint density at radius 1 is 1.24 bits per heavy atom. The summed E-state index contributed by atoms with van der Waals surface area (Å²) < 4.78 is 34.6. The predicted molar refractivity (Wildman–Crippen MR) is 82.4 cm³/mol. The van der Waals surface area contributed by atoms with Gasteiger partial charge in [0.05, 0.1) is 12.7 Å². The molecule has 2 aliphatic heterocycles. The molecule has 0 aromatic heterocycles. The summed E-state index contributed by atoms with van der Waals surface area (Å²) in [6.07, 6.45) is 1.95. The maximum absolute atomic E-state index is 12.4. The average molecular weight is 320 g/mol. The summed E-state index contributed by atoms with van der Waals surface area (Å²) in [5, 5.41) is 3.13. The van der Waals surface area contributed by atoms with Crippen molar-refractivity contribution in [2.24, 2.45) is 5.92 Å². The quantitative estimate of drug-likeness (QED) is 0.662. The molecule has 2 aliphatic rings. The molecule has 2 N–H and O–H groups in total. The highest BCUT2D eigenvalue weighted by atomic mass is 32.2. The van der Waals surface area contributed by atoms with Gasteiger partial charge in [0.15, 0.2) is 0 Å². The van der Waals surface area contributed by atoms with Gasteiger partial charge < -0.3 is 15.0 Å². The topological polar surface area (TPSA) is 73.9 Å². The number of nitrogens with one attached hydrogen (secondary N) is 2. The van der Waals surface area contributed by atoms with Gasteiger partial charge in [0.25, 0.3) is 10.2 Å². The molecule has 0 amide bonds. The van der Waals surface area contributed by atoms with E-state index in [0.717, 1.165) is 32.5 Å². The highest BCUT2D eigenvalue weighted by Gasteiger charge is 2.29. The molecular weight excluding hydrogens is 292 g/mol. The van der Waals surface area contributed by atoms with Crippen LogP contribution in [0.15, 0.2) is 0 Å². The standard InChI is InChI=1S/C13H28N4O3S/c1-14-8-12-4-3-5-17(10-12)21(18,19)15-9-13-11-16(2)6-7-20-13/h12-15H,3-11H2,1-2H3. The van der Waals surface area contributed by atoms with Crippen molar-refractivity contribution in [2.45, 2.75) is 18.9 Å². The summed E-state index contributed by atoms with van der Waals surface area (Å²) in [5.41, 5.74) is 0. The highest BCUT2D eigenvalue weighted by molar-refractivity contribution is 7.87. The van der Waals surface area contributed by atoms with Gasteiger partial charge in [-0.05, 0) is 39.4 Å².